The lowest BCUT2D eigenvalue weighted by molar-refractivity contribution is 0.636. The van der Waals surface area contributed by atoms with E-state index in [1.807, 2.05) is 26.0 Å². The van der Waals surface area contributed by atoms with Gasteiger partial charge in [0.15, 0.2) is 0 Å². The van der Waals surface area contributed by atoms with Gasteiger partial charge in [0, 0.05) is 23.3 Å². The van der Waals surface area contributed by atoms with Crippen LogP contribution in [0.15, 0.2) is 24.3 Å². The minimum absolute atomic E-state index is 0.268. The third kappa shape index (κ3) is 1.77. The van der Waals surface area contributed by atoms with E-state index >= 15 is 0 Å². The SMILES string of the molecule is CCNc1cc(C)nc2c(F)cccc12. The topological polar surface area (TPSA) is 24.9 Å². The van der Waals surface area contributed by atoms with Gasteiger partial charge < -0.3 is 5.32 Å². The summed E-state index contributed by atoms with van der Waals surface area (Å²) in [4.78, 5) is 4.20. The lowest BCUT2D eigenvalue weighted by atomic mass is 10.1. The van der Waals surface area contributed by atoms with Crippen LogP contribution in [0.2, 0.25) is 0 Å². The predicted octanol–water partition coefficient (Wildman–Crippen LogP) is 3.11. The second kappa shape index (κ2) is 3.85. The molecule has 0 fully saturated rings. The predicted molar refractivity (Wildman–Crippen MR) is 60.6 cm³/mol. The second-order valence-electron chi connectivity index (χ2n) is 3.48. The monoisotopic (exact) mass is 204 g/mol. The molecule has 0 spiro atoms. The highest BCUT2D eigenvalue weighted by molar-refractivity contribution is 5.91. The number of pyridine rings is 1. The smallest absolute Gasteiger partial charge is 0.149 e. The Balaban J connectivity index is 2.74. The van der Waals surface area contributed by atoms with Gasteiger partial charge in [0.1, 0.15) is 11.3 Å². The van der Waals surface area contributed by atoms with E-state index in [1.54, 1.807) is 6.07 Å². The molecular weight excluding hydrogens is 191 g/mol. The first-order valence-electron chi connectivity index (χ1n) is 5.02. The Morgan fingerprint density at radius 2 is 2.20 bits per heavy atom. The quantitative estimate of drug-likeness (QED) is 0.813. The fourth-order valence-electron chi connectivity index (χ4n) is 1.68. The average Bonchev–Trinajstić information content (AvgIpc) is 2.20. The number of benzene rings is 1. The van der Waals surface area contributed by atoms with Gasteiger partial charge in [-0.25, -0.2) is 9.37 Å². The molecule has 0 unspecified atom stereocenters. The van der Waals surface area contributed by atoms with Crippen LogP contribution in [0.1, 0.15) is 12.6 Å². The van der Waals surface area contributed by atoms with Gasteiger partial charge in [-0.05, 0) is 26.0 Å². The van der Waals surface area contributed by atoms with Crippen molar-refractivity contribution < 1.29 is 4.39 Å². The number of nitrogens with zero attached hydrogens (tertiary/aromatic N) is 1. The average molecular weight is 204 g/mol. The van der Waals surface area contributed by atoms with Crippen LogP contribution in [0.3, 0.4) is 0 Å². The van der Waals surface area contributed by atoms with Gasteiger partial charge in [0.25, 0.3) is 0 Å². The number of para-hydroxylation sites is 1. The summed E-state index contributed by atoms with van der Waals surface area (Å²) in [5, 5.41) is 4.05. The molecule has 1 aromatic heterocycles. The summed E-state index contributed by atoms with van der Waals surface area (Å²) < 4.78 is 13.5. The zero-order valence-corrected chi connectivity index (χ0v) is 8.84. The van der Waals surface area contributed by atoms with Crippen molar-refractivity contribution in [2.75, 3.05) is 11.9 Å². The number of hydrogen-bond acceptors (Lipinski definition) is 2. The molecule has 2 nitrogen and oxygen atoms in total. The Morgan fingerprint density at radius 1 is 1.40 bits per heavy atom. The molecule has 0 saturated carbocycles. The minimum atomic E-state index is -0.268. The van der Waals surface area contributed by atoms with E-state index < -0.39 is 0 Å². The number of nitrogens with one attached hydrogen (secondary N) is 1. The van der Waals surface area contributed by atoms with Crippen LogP contribution in [0.25, 0.3) is 10.9 Å². The fourth-order valence-corrected chi connectivity index (χ4v) is 1.68. The lowest BCUT2D eigenvalue weighted by Gasteiger charge is -2.09. The van der Waals surface area contributed by atoms with Crippen LogP contribution in [-0.4, -0.2) is 11.5 Å². The molecule has 0 saturated heterocycles. The molecule has 2 rings (SSSR count). The molecule has 1 aromatic carbocycles. The van der Waals surface area contributed by atoms with Crippen molar-refractivity contribution in [1.29, 1.82) is 0 Å². The van der Waals surface area contributed by atoms with E-state index in [4.69, 9.17) is 0 Å². The Morgan fingerprint density at radius 3 is 2.93 bits per heavy atom. The van der Waals surface area contributed by atoms with Crippen LogP contribution >= 0.6 is 0 Å². The Kier molecular flexibility index (Phi) is 2.54. The molecule has 1 heterocycles. The van der Waals surface area contributed by atoms with Crippen molar-refractivity contribution in [2.24, 2.45) is 0 Å². The summed E-state index contributed by atoms with van der Waals surface area (Å²) in [5.41, 5.74) is 2.21. The van der Waals surface area contributed by atoms with Crippen molar-refractivity contribution in [3.05, 3.63) is 35.8 Å². The maximum absolute atomic E-state index is 13.5. The van der Waals surface area contributed by atoms with Gasteiger partial charge in [-0.3, -0.25) is 0 Å². The molecule has 0 radical (unpaired) electrons. The highest BCUT2D eigenvalue weighted by Gasteiger charge is 2.06. The molecule has 1 N–H and O–H groups in total. The largest absolute Gasteiger partial charge is 0.385 e. The summed E-state index contributed by atoms with van der Waals surface area (Å²) in [6, 6.07) is 6.95. The van der Waals surface area contributed by atoms with Gasteiger partial charge in [-0.2, -0.15) is 0 Å². The van der Waals surface area contributed by atoms with Gasteiger partial charge in [-0.1, -0.05) is 12.1 Å². The zero-order chi connectivity index (χ0) is 10.8. The molecule has 0 bridgehead atoms. The molecule has 3 heteroatoms. The van der Waals surface area contributed by atoms with Crippen molar-refractivity contribution >= 4 is 16.6 Å². The number of aryl methyl sites for hydroxylation is 1. The number of aromatic nitrogens is 1. The second-order valence-corrected chi connectivity index (χ2v) is 3.48. The molecule has 0 aliphatic rings. The van der Waals surface area contributed by atoms with E-state index in [0.29, 0.717) is 5.52 Å². The molecule has 0 amide bonds. The molecule has 2 aromatic rings. The highest BCUT2D eigenvalue weighted by atomic mass is 19.1. The van der Waals surface area contributed by atoms with E-state index in [2.05, 4.69) is 10.3 Å². The molecule has 0 aliphatic heterocycles. The third-order valence-electron chi connectivity index (χ3n) is 2.29. The number of hydrogen-bond donors (Lipinski definition) is 1. The highest BCUT2D eigenvalue weighted by Crippen LogP contribution is 2.24. The van der Waals surface area contributed by atoms with Crippen LogP contribution in [0, 0.1) is 12.7 Å². The summed E-state index contributed by atoms with van der Waals surface area (Å²) >= 11 is 0. The molecule has 0 atom stereocenters. The van der Waals surface area contributed by atoms with Crippen molar-refractivity contribution in [3.63, 3.8) is 0 Å². The van der Waals surface area contributed by atoms with Gasteiger partial charge >= 0.3 is 0 Å². The maximum Gasteiger partial charge on any atom is 0.149 e. The van der Waals surface area contributed by atoms with Crippen LogP contribution in [-0.2, 0) is 0 Å². The van der Waals surface area contributed by atoms with E-state index in [-0.39, 0.29) is 5.82 Å². The Bertz CT molecular complexity index is 494. The molecule has 78 valence electrons. The van der Waals surface area contributed by atoms with Gasteiger partial charge in [0.2, 0.25) is 0 Å². The number of anilines is 1. The van der Waals surface area contributed by atoms with Crippen molar-refractivity contribution in [1.82, 2.24) is 4.98 Å². The third-order valence-corrected chi connectivity index (χ3v) is 2.29. The maximum atomic E-state index is 13.5. The Labute approximate surface area is 88.1 Å². The number of fused-ring (bicyclic) bond motifs is 1. The first kappa shape index (κ1) is 9.90. The van der Waals surface area contributed by atoms with Crippen molar-refractivity contribution in [3.8, 4) is 0 Å². The summed E-state index contributed by atoms with van der Waals surface area (Å²) in [6.45, 7) is 4.70. The van der Waals surface area contributed by atoms with Crippen LogP contribution in [0.4, 0.5) is 10.1 Å². The summed E-state index contributed by atoms with van der Waals surface area (Å²) in [5.74, 6) is -0.268. The fraction of sp³-hybridized carbons (Fsp3) is 0.250. The Hall–Kier alpha value is -1.64. The molecular formula is C12H13FN2. The zero-order valence-electron chi connectivity index (χ0n) is 8.84. The van der Waals surface area contributed by atoms with E-state index in [1.165, 1.54) is 6.07 Å². The standard InChI is InChI=1S/C12H13FN2/c1-3-14-11-7-8(2)15-12-9(11)5-4-6-10(12)13/h4-7H,3H2,1-2H3,(H,14,15). The summed E-state index contributed by atoms with van der Waals surface area (Å²) in [6.07, 6.45) is 0. The lowest BCUT2D eigenvalue weighted by Crippen LogP contribution is -1.99. The van der Waals surface area contributed by atoms with E-state index in [9.17, 15) is 4.39 Å². The van der Waals surface area contributed by atoms with Crippen LogP contribution < -0.4 is 5.32 Å². The molecule has 15 heavy (non-hydrogen) atoms. The summed E-state index contributed by atoms with van der Waals surface area (Å²) in [7, 11) is 0. The number of rotatable bonds is 2. The van der Waals surface area contributed by atoms with Gasteiger partial charge in [-0.15, -0.1) is 0 Å². The molecule has 0 aliphatic carbocycles. The first-order valence-corrected chi connectivity index (χ1v) is 5.02. The van der Waals surface area contributed by atoms with Crippen molar-refractivity contribution in [2.45, 2.75) is 13.8 Å². The number of halogens is 1. The van der Waals surface area contributed by atoms with Gasteiger partial charge in [0.05, 0.1) is 0 Å². The van der Waals surface area contributed by atoms with Crippen LogP contribution in [0.5, 0.6) is 0 Å². The normalized spacial score (nSPS) is 10.6. The minimum Gasteiger partial charge on any atom is -0.385 e. The first-order chi connectivity index (χ1) is 7.22. The van der Waals surface area contributed by atoms with E-state index in [0.717, 1.165) is 23.3 Å².